The zero-order chi connectivity index (χ0) is 18.7. The molecule has 1 aliphatic heterocycles. The molecule has 0 radical (unpaired) electrons. The molecule has 1 aliphatic rings. The molecule has 2 aromatic carbocycles. The van der Waals surface area contributed by atoms with E-state index in [1.807, 2.05) is 86.7 Å². The molecule has 0 spiro atoms. The lowest BCUT2D eigenvalue weighted by molar-refractivity contribution is -0.131. The van der Waals surface area contributed by atoms with Crippen LogP contribution in [0.2, 0.25) is 0 Å². The topological polar surface area (TPSA) is 40.6 Å². The standard InChI is InChI=1S/C22H24N2O2/c1-16(14-15-18-10-6-4-7-11-18)21(25)24-20(17(2)23(3)22(24)26)19-12-8-5-9-13-19/h4-17,20H,1-3H3/b15-14+/t16?,17-,20-/m1/s1. The van der Waals surface area contributed by atoms with Crippen molar-refractivity contribution in [3.8, 4) is 0 Å². The van der Waals surface area contributed by atoms with Crippen molar-refractivity contribution >= 4 is 18.0 Å². The van der Waals surface area contributed by atoms with Gasteiger partial charge in [0.25, 0.3) is 0 Å². The molecule has 4 heteroatoms. The molecule has 3 amide bonds. The first-order chi connectivity index (χ1) is 12.5. The van der Waals surface area contributed by atoms with Gasteiger partial charge >= 0.3 is 6.03 Å². The van der Waals surface area contributed by atoms with Crippen LogP contribution in [-0.4, -0.2) is 34.8 Å². The first kappa shape index (κ1) is 17.9. The number of carbonyl (C=O) groups is 2. The van der Waals surface area contributed by atoms with Gasteiger partial charge in [0, 0.05) is 7.05 Å². The highest BCUT2D eigenvalue weighted by Gasteiger charge is 2.46. The van der Waals surface area contributed by atoms with Gasteiger partial charge in [-0.25, -0.2) is 4.79 Å². The lowest BCUT2D eigenvalue weighted by Crippen LogP contribution is -2.39. The molecular weight excluding hydrogens is 324 g/mol. The van der Waals surface area contributed by atoms with Gasteiger partial charge in [-0.15, -0.1) is 0 Å². The Morgan fingerprint density at radius 3 is 2.23 bits per heavy atom. The largest absolute Gasteiger partial charge is 0.327 e. The number of amides is 3. The third-order valence-corrected chi connectivity index (χ3v) is 5.00. The summed E-state index contributed by atoms with van der Waals surface area (Å²) in [7, 11) is 1.75. The minimum Gasteiger partial charge on any atom is -0.322 e. The molecule has 134 valence electrons. The summed E-state index contributed by atoms with van der Waals surface area (Å²) in [6.45, 7) is 3.81. The van der Waals surface area contributed by atoms with Gasteiger partial charge in [0.1, 0.15) is 0 Å². The van der Waals surface area contributed by atoms with Crippen LogP contribution in [0.1, 0.15) is 31.0 Å². The number of nitrogens with zero attached hydrogens (tertiary/aromatic N) is 2. The summed E-state index contributed by atoms with van der Waals surface area (Å²) >= 11 is 0. The predicted molar refractivity (Wildman–Crippen MR) is 103 cm³/mol. The molecule has 4 nitrogen and oxygen atoms in total. The quantitative estimate of drug-likeness (QED) is 0.824. The predicted octanol–water partition coefficient (Wildman–Crippen LogP) is 4.36. The van der Waals surface area contributed by atoms with E-state index in [-0.39, 0.29) is 29.9 Å². The highest BCUT2D eigenvalue weighted by molar-refractivity contribution is 5.98. The van der Waals surface area contributed by atoms with E-state index in [2.05, 4.69) is 0 Å². The average Bonchev–Trinajstić information content (AvgIpc) is 2.91. The minimum atomic E-state index is -0.385. The van der Waals surface area contributed by atoms with E-state index in [9.17, 15) is 9.59 Å². The van der Waals surface area contributed by atoms with Gasteiger partial charge < -0.3 is 4.90 Å². The van der Waals surface area contributed by atoms with Crippen molar-refractivity contribution in [1.29, 1.82) is 0 Å². The van der Waals surface area contributed by atoms with Crippen molar-refractivity contribution in [2.45, 2.75) is 25.9 Å². The second-order valence-electron chi connectivity index (χ2n) is 6.76. The van der Waals surface area contributed by atoms with Crippen LogP contribution in [0.5, 0.6) is 0 Å². The highest BCUT2D eigenvalue weighted by Crippen LogP contribution is 2.35. The van der Waals surface area contributed by atoms with E-state index >= 15 is 0 Å². The average molecular weight is 348 g/mol. The van der Waals surface area contributed by atoms with Crippen molar-refractivity contribution in [3.05, 3.63) is 77.9 Å². The second kappa shape index (κ2) is 7.56. The molecule has 26 heavy (non-hydrogen) atoms. The van der Waals surface area contributed by atoms with Gasteiger partial charge in [-0.05, 0) is 18.1 Å². The van der Waals surface area contributed by atoms with Crippen LogP contribution in [-0.2, 0) is 4.79 Å². The number of hydrogen-bond acceptors (Lipinski definition) is 2. The zero-order valence-corrected chi connectivity index (χ0v) is 15.4. The number of hydrogen-bond donors (Lipinski definition) is 0. The van der Waals surface area contributed by atoms with E-state index in [0.29, 0.717) is 0 Å². The molecule has 3 atom stereocenters. The second-order valence-corrected chi connectivity index (χ2v) is 6.76. The summed E-state index contributed by atoms with van der Waals surface area (Å²) in [5.74, 6) is -0.559. The number of imide groups is 1. The summed E-state index contributed by atoms with van der Waals surface area (Å²) < 4.78 is 0. The fourth-order valence-corrected chi connectivity index (χ4v) is 3.32. The van der Waals surface area contributed by atoms with Crippen LogP contribution < -0.4 is 0 Å². The summed E-state index contributed by atoms with van der Waals surface area (Å²) in [5.41, 5.74) is 2.01. The number of carbonyl (C=O) groups excluding carboxylic acids is 2. The zero-order valence-electron chi connectivity index (χ0n) is 15.4. The number of likely N-dealkylation sites (N-methyl/N-ethyl adjacent to an activating group) is 1. The first-order valence-corrected chi connectivity index (χ1v) is 8.88. The maximum absolute atomic E-state index is 13.1. The highest BCUT2D eigenvalue weighted by atomic mass is 16.2. The Kier molecular flexibility index (Phi) is 5.21. The van der Waals surface area contributed by atoms with Crippen molar-refractivity contribution in [2.75, 3.05) is 7.05 Å². The number of rotatable bonds is 4. The minimum absolute atomic E-state index is 0.0702. The molecule has 1 unspecified atom stereocenters. The fourth-order valence-electron chi connectivity index (χ4n) is 3.32. The van der Waals surface area contributed by atoms with Gasteiger partial charge in [0.05, 0.1) is 18.0 Å². The monoisotopic (exact) mass is 348 g/mol. The normalized spacial score (nSPS) is 21.4. The lowest BCUT2D eigenvalue weighted by Gasteiger charge is -2.25. The van der Waals surface area contributed by atoms with Gasteiger partial charge in [-0.3, -0.25) is 9.69 Å². The van der Waals surface area contributed by atoms with E-state index in [4.69, 9.17) is 0 Å². The van der Waals surface area contributed by atoms with Crippen molar-refractivity contribution in [2.24, 2.45) is 5.92 Å². The van der Waals surface area contributed by atoms with Gasteiger partial charge in [-0.2, -0.15) is 0 Å². The van der Waals surface area contributed by atoms with Crippen molar-refractivity contribution in [1.82, 2.24) is 9.80 Å². The van der Waals surface area contributed by atoms with E-state index < -0.39 is 0 Å². The fraction of sp³-hybridized carbons (Fsp3) is 0.273. The Labute approximate surface area is 154 Å². The van der Waals surface area contributed by atoms with Crippen LogP contribution in [0.15, 0.2) is 66.7 Å². The van der Waals surface area contributed by atoms with Crippen LogP contribution in [0.4, 0.5) is 4.79 Å². The SMILES string of the molecule is CC(/C=C/c1ccccc1)C(=O)N1C(=O)N(C)[C@H](C)[C@@H]1c1ccccc1. The third kappa shape index (κ3) is 3.40. The molecule has 1 heterocycles. The first-order valence-electron chi connectivity index (χ1n) is 8.88. The van der Waals surface area contributed by atoms with Gasteiger partial charge in [0.15, 0.2) is 0 Å². The number of urea groups is 1. The van der Waals surface area contributed by atoms with Gasteiger partial charge in [0.2, 0.25) is 5.91 Å². The maximum Gasteiger partial charge on any atom is 0.327 e. The maximum atomic E-state index is 13.1. The Hall–Kier alpha value is -2.88. The lowest BCUT2D eigenvalue weighted by atomic mass is 9.99. The van der Waals surface area contributed by atoms with Crippen LogP contribution >= 0.6 is 0 Å². The molecule has 0 aromatic heterocycles. The Balaban J connectivity index is 1.85. The van der Waals surface area contributed by atoms with Crippen LogP contribution in [0, 0.1) is 5.92 Å². The third-order valence-electron chi connectivity index (χ3n) is 5.00. The smallest absolute Gasteiger partial charge is 0.322 e. The molecule has 1 saturated heterocycles. The van der Waals surface area contributed by atoms with Crippen molar-refractivity contribution < 1.29 is 9.59 Å². The van der Waals surface area contributed by atoms with E-state index in [0.717, 1.165) is 11.1 Å². The molecule has 1 fully saturated rings. The molecule has 0 bridgehead atoms. The summed E-state index contributed by atoms with van der Waals surface area (Å²) in [6, 6.07) is 19.0. The molecule has 3 rings (SSSR count). The molecule has 2 aromatic rings. The molecule has 0 saturated carbocycles. The molecule has 0 N–H and O–H groups in total. The Morgan fingerprint density at radius 1 is 1.04 bits per heavy atom. The summed E-state index contributed by atoms with van der Waals surface area (Å²) in [6.07, 6.45) is 3.78. The summed E-state index contributed by atoms with van der Waals surface area (Å²) in [5, 5.41) is 0. The Morgan fingerprint density at radius 2 is 1.62 bits per heavy atom. The van der Waals surface area contributed by atoms with Crippen LogP contribution in [0.3, 0.4) is 0 Å². The Bertz CT molecular complexity index is 801. The molecular formula is C22H24N2O2. The number of benzene rings is 2. The summed E-state index contributed by atoms with van der Waals surface area (Å²) in [4.78, 5) is 28.9. The van der Waals surface area contributed by atoms with Gasteiger partial charge in [-0.1, -0.05) is 79.7 Å². The van der Waals surface area contributed by atoms with Crippen LogP contribution in [0.25, 0.3) is 6.08 Å². The van der Waals surface area contributed by atoms with Crippen molar-refractivity contribution in [3.63, 3.8) is 0 Å². The van der Waals surface area contributed by atoms with E-state index in [1.54, 1.807) is 11.9 Å². The van der Waals surface area contributed by atoms with E-state index in [1.165, 1.54) is 4.90 Å². The molecule has 0 aliphatic carbocycles.